The van der Waals surface area contributed by atoms with Crippen molar-refractivity contribution in [2.24, 2.45) is 0 Å². The summed E-state index contributed by atoms with van der Waals surface area (Å²) < 4.78 is 48.3. The van der Waals surface area contributed by atoms with Gasteiger partial charge in [0.1, 0.15) is 0 Å². The molecule has 0 aliphatic heterocycles. The van der Waals surface area contributed by atoms with Gasteiger partial charge in [0.25, 0.3) is 5.78 Å². The minimum Gasteiger partial charge on any atom is -0.284 e. The van der Waals surface area contributed by atoms with Gasteiger partial charge in [-0.2, -0.15) is 13.2 Å². The number of aromatic nitrogens is 1. The first-order valence-electron chi connectivity index (χ1n) is 4.24. The Labute approximate surface area is 97.8 Å². The SMILES string of the molecule is CC.O=C(c1c(F)cncc1Br)C(F)(F)F. The number of ketones is 1. The molecule has 0 saturated heterocycles. The molecular weight excluding hydrogens is 294 g/mol. The highest BCUT2D eigenvalue weighted by molar-refractivity contribution is 9.10. The van der Waals surface area contributed by atoms with Crippen LogP contribution in [0.4, 0.5) is 17.6 Å². The van der Waals surface area contributed by atoms with Crippen LogP contribution in [0.3, 0.4) is 0 Å². The lowest BCUT2D eigenvalue weighted by atomic mass is 10.1. The maximum atomic E-state index is 12.8. The average Bonchev–Trinajstić information content (AvgIpc) is 2.19. The van der Waals surface area contributed by atoms with E-state index in [2.05, 4.69) is 20.9 Å². The van der Waals surface area contributed by atoms with E-state index in [4.69, 9.17) is 0 Å². The van der Waals surface area contributed by atoms with Gasteiger partial charge in [0, 0.05) is 10.7 Å². The molecule has 0 aliphatic rings. The highest BCUT2D eigenvalue weighted by Gasteiger charge is 2.41. The number of halogens is 5. The molecule has 1 heterocycles. The van der Waals surface area contributed by atoms with Crippen LogP contribution in [-0.2, 0) is 0 Å². The van der Waals surface area contributed by atoms with Crippen LogP contribution >= 0.6 is 15.9 Å². The van der Waals surface area contributed by atoms with Gasteiger partial charge in [0.05, 0.1) is 11.8 Å². The van der Waals surface area contributed by atoms with E-state index < -0.39 is 23.3 Å². The predicted molar refractivity (Wildman–Crippen MR) is 53.6 cm³/mol. The number of nitrogens with zero attached hydrogens (tertiary/aromatic N) is 1. The van der Waals surface area contributed by atoms with Crippen molar-refractivity contribution < 1.29 is 22.4 Å². The highest BCUT2D eigenvalue weighted by Crippen LogP contribution is 2.27. The lowest BCUT2D eigenvalue weighted by Crippen LogP contribution is -2.24. The van der Waals surface area contributed by atoms with Crippen LogP contribution in [0.15, 0.2) is 16.9 Å². The van der Waals surface area contributed by atoms with Gasteiger partial charge in [0.2, 0.25) is 0 Å². The Kier molecular flexibility index (Phi) is 5.57. The van der Waals surface area contributed by atoms with Crippen molar-refractivity contribution in [3.8, 4) is 0 Å². The molecule has 0 fully saturated rings. The van der Waals surface area contributed by atoms with Gasteiger partial charge in [-0.15, -0.1) is 0 Å². The van der Waals surface area contributed by atoms with Gasteiger partial charge in [-0.3, -0.25) is 9.78 Å². The Hall–Kier alpha value is -0.980. The predicted octanol–water partition coefficient (Wildman–Crippen LogP) is 3.75. The molecule has 7 heteroatoms. The maximum Gasteiger partial charge on any atom is 0.455 e. The molecule has 0 unspecified atom stereocenters. The van der Waals surface area contributed by atoms with E-state index in [1.807, 2.05) is 13.8 Å². The fourth-order valence-electron chi connectivity index (χ4n) is 0.770. The third-order valence-corrected chi connectivity index (χ3v) is 1.94. The quantitative estimate of drug-likeness (QED) is 0.584. The molecule has 90 valence electrons. The topological polar surface area (TPSA) is 30.0 Å². The molecule has 16 heavy (non-hydrogen) atoms. The van der Waals surface area contributed by atoms with E-state index in [0.29, 0.717) is 6.20 Å². The molecule has 1 aromatic rings. The second-order valence-corrected chi connectivity index (χ2v) is 3.16. The third kappa shape index (κ3) is 3.55. The zero-order chi connectivity index (χ0) is 12.9. The van der Waals surface area contributed by atoms with Crippen LogP contribution in [0.25, 0.3) is 0 Å². The summed E-state index contributed by atoms with van der Waals surface area (Å²) in [5.74, 6) is -3.54. The molecule has 0 atom stereocenters. The van der Waals surface area contributed by atoms with Crippen molar-refractivity contribution >= 4 is 21.7 Å². The standard InChI is InChI=1S/C7H2BrF4NO.C2H6/c8-3-1-13-2-4(9)5(3)6(14)7(10,11)12;1-2/h1-2H;1-2H3. The molecule has 0 saturated carbocycles. The lowest BCUT2D eigenvalue weighted by Gasteiger charge is -2.06. The second-order valence-electron chi connectivity index (χ2n) is 2.31. The Balaban J connectivity index is 0.00000106. The number of Topliss-reactive ketones (excluding diaryl/α,β-unsaturated/α-hetero) is 1. The van der Waals surface area contributed by atoms with E-state index in [1.54, 1.807) is 0 Å². The maximum absolute atomic E-state index is 12.8. The van der Waals surface area contributed by atoms with E-state index in [9.17, 15) is 22.4 Å². The van der Waals surface area contributed by atoms with Gasteiger partial charge >= 0.3 is 6.18 Å². The summed E-state index contributed by atoms with van der Waals surface area (Å²) in [4.78, 5) is 14.0. The molecule has 0 aromatic carbocycles. The summed E-state index contributed by atoms with van der Waals surface area (Å²) in [5, 5.41) is 0. The van der Waals surface area contributed by atoms with Gasteiger partial charge in [0.15, 0.2) is 5.82 Å². The second kappa shape index (κ2) is 5.93. The fourth-order valence-corrected chi connectivity index (χ4v) is 1.26. The first kappa shape index (κ1) is 15.0. The zero-order valence-electron chi connectivity index (χ0n) is 8.40. The summed E-state index contributed by atoms with van der Waals surface area (Å²) in [5.41, 5.74) is -1.05. The molecule has 0 N–H and O–H groups in total. The molecule has 0 aliphatic carbocycles. The van der Waals surface area contributed by atoms with Gasteiger partial charge in [-0.05, 0) is 15.9 Å². The minimum absolute atomic E-state index is 0.320. The summed E-state index contributed by atoms with van der Waals surface area (Å²) in [7, 11) is 0. The number of rotatable bonds is 1. The molecule has 1 aromatic heterocycles. The van der Waals surface area contributed by atoms with E-state index >= 15 is 0 Å². The fraction of sp³-hybridized carbons (Fsp3) is 0.333. The van der Waals surface area contributed by atoms with Crippen molar-refractivity contribution in [3.63, 3.8) is 0 Å². The summed E-state index contributed by atoms with van der Waals surface area (Å²) in [6.45, 7) is 4.00. The number of hydrogen-bond acceptors (Lipinski definition) is 2. The average molecular weight is 302 g/mol. The Morgan fingerprint density at radius 1 is 1.31 bits per heavy atom. The van der Waals surface area contributed by atoms with Crippen molar-refractivity contribution in [2.75, 3.05) is 0 Å². The van der Waals surface area contributed by atoms with Crippen LogP contribution in [0, 0.1) is 5.82 Å². The normalized spacial score (nSPS) is 10.4. The molecule has 1 rings (SSSR count). The van der Waals surface area contributed by atoms with Crippen LogP contribution in [0.5, 0.6) is 0 Å². The van der Waals surface area contributed by atoms with E-state index in [1.165, 1.54) is 0 Å². The van der Waals surface area contributed by atoms with Crippen LogP contribution < -0.4 is 0 Å². The third-order valence-electron chi connectivity index (χ3n) is 1.34. The number of carbonyl (C=O) groups is 1. The van der Waals surface area contributed by atoms with E-state index in [-0.39, 0.29) is 4.47 Å². The monoisotopic (exact) mass is 301 g/mol. The number of pyridine rings is 1. The van der Waals surface area contributed by atoms with Crippen molar-refractivity contribution in [1.82, 2.24) is 4.98 Å². The first-order valence-corrected chi connectivity index (χ1v) is 5.04. The van der Waals surface area contributed by atoms with Crippen LogP contribution in [-0.4, -0.2) is 16.9 Å². The largest absolute Gasteiger partial charge is 0.455 e. The van der Waals surface area contributed by atoms with Crippen LogP contribution in [0.1, 0.15) is 24.2 Å². The number of alkyl halides is 3. The lowest BCUT2D eigenvalue weighted by molar-refractivity contribution is -0.0888. The first-order chi connectivity index (χ1) is 7.34. The van der Waals surface area contributed by atoms with Gasteiger partial charge in [-0.1, -0.05) is 13.8 Å². The molecule has 0 amide bonds. The molecule has 0 radical (unpaired) electrons. The highest BCUT2D eigenvalue weighted by atomic mass is 79.9. The molecule has 2 nitrogen and oxygen atoms in total. The smallest absolute Gasteiger partial charge is 0.284 e. The van der Waals surface area contributed by atoms with E-state index in [0.717, 1.165) is 6.20 Å². The summed E-state index contributed by atoms with van der Waals surface area (Å²) in [6, 6.07) is 0. The molecular formula is C9H8BrF4NO. The minimum atomic E-state index is -5.09. The number of carbonyl (C=O) groups excluding carboxylic acids is 1. The van der Waals surface area contributed by atoms with Crippen LogP contribution in [0.2, 0.25) is 0 Å². The van der Waals surface area contributed by atoms with Crippen molar-refractivity contribution in [1.29, 1.82) is 0 Å². The Morgan fingerprint density at radius 3 is 2.19 bits per heavy atom. The summed E-state index contributed by atoms with van der Waals surface area (Å²) >= 11 is 2.62. The molecule has 0 bridgehead atoms. The zero-order valence-corrected chi connectivity index (χ0v) is 9.99. The Morgan fingerprint density at radius 2 is 1.81 bits per heavy atom. The van der Waals surface area contributed by atoms with Crippen molar-refractivity contribution in [2.45, 2.75) is 20.0 Å². The van der Waals surface area contributed by atoms with Gasteiger partial charge in [-0.25, -0.2) is 4.39 Å². The van der Waals surface area contributed by atoms with Crippen molar-refractivity contribution in [3.05, 3.63) is 28.2 Å². The Bertz CT molecular complexity index is 358. The van der Waals surface area contributed by atoms with Gasteiger partial charge < -0.3 is 0 Å². The number of hydrogen-bond donors (Lipinski definition) is 0. The molecule has 0 spiro atoms. The summed E-state index contributed by atoms with van der Waals surface area (Å²) in [6.07, 6.45) is -3.63.